The zero-order valence-corrected chi connectivity index (χ0v) is 8.60. The van der Waals surface area contributed by atoms with Crippen LogP contribution in [-0.2, 0) is 6.42 Å². The number of hydrogen-bond acceptors (Lipinski definition) is 2. The van der Waals surface area contributed by atoms with Crippen molar-refractivity contribution in [2.24, 2.45) is 5.73 Å². The second-order valence-electron chi connectivity index (χ2n) is 3.14. The van der Waals surface area contributed by atoms with Gasteiger partial charge in [-0.15, -0.1) is 0 Å². The van der Waals surface area contributed by atoms with Crippen molar-refractivity contribution in [2.45, 2.75) is 26.3 Å². The number of nitrogens with two attached hydrogens (primary N) is 1. The van der Waals surface area contributed by atoms with Crippen LogP contribution in [-0.4, -0.2) is 5.11 Å². The summed E-state index contributed by atoms with van der Waals surface area (Å²) in [5.41, 5.74) is 7.25. The van der Waals surface area contributed by atoms with E-state index in [0.717, 1.165) is 12.0 Å². The summed E-state index contributed by atoms with van der Waals surface area (Å²) in [7, 11) is 0. The highest BCUT2D eigenvalue weighted by Crippen LogP contribution is 2.30. The zero-order valence-electron chi connectivity index (χ0n) is 7.84. The lowest BCUT2D eigenvalue weighted by Crippen LogP contribution is -2.06. The molecular weight excluding hydrogens is 186 g/mol. The van der Waals surface area contributed by atoms with Crippen molar-refractivity contribution in [3.63, 3.8) is 0 Å². The first-order valence-electron chi connectivity index (χ1n) is 4.33. The van der Waals surface area contributed by atoms with Crippen molar-refractivity contribution in [1.82, 2.24) is 0 Å². The molecule has 0 fully saturated rings. The van der Waals surface area contributed by atoms with Crippen molar-refractivity contribution in [3.05, 3.63) is 28.3 Å². The van der Waals surface area contributed by atoms with Gasteiger partial charge in [0.1, 0.15) is 5.75 Å². The normalized spacial score (nSPS) is 12.9. The van der Waals surface area contributed by atoms with E-state index in [1.165, 1.54) is 0 Å². The average molecular weight is 200 g/mol. The molecule has 0 aromatic heterocycles. The fourth-order valence-corrected chi connectivity index (χ4v) is 1.54. The number of phenolic OH excluding ortho intramolecular Hbond substituents is 1. The van der Waals surface area contributed by atoms with Crippen LogP contribution in [0.1, 0.15) is 31.0 Å². The van der Waals surface area contributed by atoms with E-state index in [1.54, 1.807) is 12.1 Å². The fraction of sp³-hybridized carbons (Fsp3) is 0.400. The van der Waals surface area contributed by atoms with Crippen LogP contribution in [0, 0.1) is 0 Å². The van der Waals surface area contributed by atoms with Gasteiger partial charge in [-0.05, 0) is 31.0 Å². The second kappa shape index (κ2) is 3.99. The molecule has 1 unspecified atom stereocenters. The van der Waals surface area contributed by atoms with Crippen LogP contribution < -0.4 is 5.73 Å². The third-order valence-corrected chi connectivity index (χ3v) is 2.27. The molecule has 3 heteroatoms. The van der Waals surface area contributed by atoms with Crippen molar-refractivity contribution in [1.29, 1.82) is 0 Å². The SMILES string of the molecule is CCc1cc(Cl)cc(C(C)N)c1O. The summed E-state index contributed by atoms with van der Waals surface area (Å²) < 4.78 is 0. The number of phenols is 1. The van der Waals surface area contributed by atoms with Crippen molar-refractivity contribution >= 4 is 11.6 Å². The topological polar surface area (TPSA) is 46.2 Å². The maximum atomic E-state index is 9.75. The van der Waals surface area contributed by atoms with E-state index >= 15 is 0 Å². The summed E-state index contributed by atoms with van der Waals surface area (Å²) in [6.45, 7) is 3.79. The van der Waals surface area contributed by atoms with Crippen molar-refractivity contribution in [3.8, 4) is 5.75 Å². The van der Waals surface area contributed by atoms with Crippen molar-refractivity contribution < 1.29 is 5.11 Å². The van der Waals surface area contributed by atoms with Gasteiger partial charge in [0.2, 0.25) is 0 Å². The largest absolute Gasteiger partial charge is 0.507 e. The smallest absolute Gasteiger partial charge is 0.123 e. The standard InChI is InChI=1S/C10H14ClNO/c1-3-7-4-8(11)5-9(6(2)12)10(7)13/h4-6,13H,3,12H2,1-2H3. The molecule has 2 nitrogen and oxygen atoms in total. The van der Waals surface area contributed by atoms with Crippen LogP contribution in [0.15, 0.2) is 12.1 Å². The molecule has 0 heterocycles. The molecule has 0 amide bonds. The Morgan fingerprint density at radius 1 is 1.54 bits per heavy atom. The van der Waals surface area contributed by atoms with Crippen molar-refractivity contribution in [2.75, 3.05) is 0 Å². The Morgan fingerprint density at radius 2 is 2.15 bits per heavy atom. The Labute approximate surface area is 83.3 Å². The average Bonchev–Trinajstić information content (AvgIpc) is 2.08. The highest BCUT2D eigenvalue weighted by molar-refractivity contribution is 6.30. The minimum atomic E-state index is -0.191. The molecule has 0 aliphatic heterocycles. The Morgan fingerprint density at radius 3 is 2.62 bits per heavy atom. The first-order chi connectivity index (χ1) is 6.06. The van der Waals surface area contributed by atoms with E-state index in [9.17, 15) is 5.11 Å². The molecule has 72 valence electrons. The highest BCUT2D eigenvalue weighted by Gasteiger charge is 2.10. The molecule has 0 saturated heterocycles. The minimum absolute atomic E-state index is 0.191. The zero-order chi connectivity index (χ0) is 10.0. The molecule has 1 aromatic carbocycles. The van der Waals surface area contributed by atoms with E-state index < -0.39 is 0 Å². The van der Waals surface area contributed by atoms with E-state index in [0.29, 0.717) is 10.6 Å². The Bertz CT molecular complexity index is 310. The summed E-state index contributed by atoms with van der Waals surface area (Å²) >= 11 is 5.88. The first kappa shape index (κ1) is 10.4. The summed E-state index contributed by atoms with van der Waals surface area (Å²) in [5.74, 6) is 0.280. The van der Waals surface area contributed by atoms with E-state index in [1.807, 2.05) is 13.8 Å². The maximum absolute atomic E-state index is 9.75. The number of aryl methyl sites for hydroxylation is 1. The number of halogens is 1. The molecule has 1 aromatic rings. The predicted octanol–water partition coefficient (Wildman–Crippen LogP) is 2.63. The molecule has 1 rings (SSSR count). The van der Waals surface area contributed by atoms with E-state index in [4.69, 9.17) is 17.3 Å². The monoisotopic (exact) mass is 199 g/mol. The van der Waals surface area contributed by atoms with Crippen LogP contribution in [0.25, 0.3) is 0 Å². The molecule has 0 radical (unpaired) electrons. The third kappa shape index (κ3) is 2.14. The molecule has 0 spiro atoms. The molecule has 3 N–H and O–H groups in total. The molecule has 13 heavy (non-hydrogen) atoms. The fourth-order valence-electron chi connectivity index (χ4n) is 1.30. The van der Waals surface area contributed by atoms with Crippen LogP contribution in [0.4, 0.5) is 0 Å². The van der Waals surface area contributed by atoms with Gasteiger partial charge >= 0.3 is 0 Å². The number of hydrogen-bond donors (Lipinski definition) is 2. The Kier molecular flexibility index (Phi) is 3.17. The van der Waals surface area contributed by atoms with Gasteiger partial charge in [-0.25, -0.2) is 0 Å². The Balaban J connectivity index is 3.27. The summed E-state index contributed by atoms with van der Waals surface area (Å²) in [4.78, 5) is 0. The number of aromatic hydroxyl groups is 1. The highest BCUT2D eigenvalue weighted by atomic mass is 35.5. The second-order valence-corrected chi connectivity index (χ2v) is 3.58. The molecule has 1 atom stereocenters. The van der Waals surface area contributed by atoms with Crippen LogP contribution in [0.2, 0.25) is 5.02 Å². The van der Waals surface area contributed by atoms with Crippen LogP contribution in [0.3, 0.4) is 0 Å². The van der Waals surface area contributed by atoms with Gasteiger partial charge in [0.15, 0.2) is 0 Å². The number of rotatable bonds is 2. The van der Waals surface area contributed by atoms with Gasteiger partial charge in [-0.1, -0.05) is 18.5 Å². The molecule has 0 aliphatic rings. The van der Waals surface area contributed by atoms with Crippen LogP contribution >= 0.6 is 11.6 Å². The summed E-state index contributed by atoms with van der Waals surface area (Å²) in [5, 5.41) is 10.4. The quantitative estimate of drug-likeness (QED) is 0.769. The molecular formula is C10H14ClNO. The lowest BCUT2D eigenvalue weighted by atomic mass is 10.0. The van der Waals surface area contributed by atoms with Gasteiger partial charge in [-0.3, -0.25) is 0 Å². The van der Waals surface area contributed by atoms with E-state index in [2.05, 4.69) is 0 Å². The van der Waals surface area contributed by atoms with Gasteiger partial charge in [0.05, 0.1) is 0 Å². The summed E-state index contributed by atoms with van der Waals surface area (Å²) in [6, 6.07) is 3.28. The van der Waals surface area contributed by atoms with Gasteiger partial charge in [0.25, 0.3) is 0 Å². The third-order valence-electron chi connectivity index (χ3n) is 2.05. The predicted molar refractivity (Wildman–Crippen MR) is 55.1 cm³/mol. The molecule has 0 bridgehead atoms. The van der Waals surface area contributed by atoms with E-state index in [-0.39, 0.29) is 11.8 Å². The van der Waals surface area contributed by atoms with Crippen LogP contribution in [0.5, 0.6) is 5.75 Å². The van der Waals surface area contributed by atoms with Gasteiger partial charge in [0, 0.05) is 16.6 Å². The van der Waals surface area contributed by atoms with Gasteiger partial charge < -0.3 is 10.8 Å². The lowest BCUT2D eigenvalue weighted by molar-refractivity contribution is 0.457. The molecule has 0 saturated carbocycles. The molecule has 0 aliphatic carbocycles. The lowest BCUT2D eigenvalue weighted by Gasteiger charge is -2.12. The number of benzene rings is 1. The maximum Gasteiger partial charge on any atom is 0.123 e. The summed E-state index contributed by atoms with van der Waals surface area (Å²) in [6.07, 6.45) is 0.756. The Hall–Kier alpha value is -0.730. The minimum Gasteiger partial charge on any atom is -0.507 e. The van der Waals surface area contributed by atoms with Gasteiger partial charge in [-0.2, -0.15) is 0 Å². The first-order valence-corrected chi connectivity index (χ1v) is 4.71.